The topological polar surface area (TPSA) is 52.6 Å². The summed E-state index contributed by atoms with van der Waals surface area (Å²) in [5.74, 6) is 1.13. The van der Waals surface area contributed by atoms with Crippen LogP contribution in [0.3, 0.4) is 0 Å². The molecule has 98 valence electrons. The molecule has 1 aliphatic carbocycles. The zero-order valence-corrected chi connectivity index (χ0v) is 10.9. The fourth-order valence-electron chi connectivity index (χ4n) is 2.86. The molecule has 3 unspecified atom stereocenters. The molecule has 3 atom stereocenters. The minimum atomic E-state index is -0.149. The number of amides is 1. The van der Waals surface area contributed by atoms with Crippen molar-refractivity contribution in [1.29, 1.82) is 0 Å². The fourth-order valence-corrected chi connectivity index (χ4v) is 2.86. The first-order valence-corrected chi connectivity index (χ1v) is 6.71. The number of nitrogens with zero attached hydrogens (tertiary/aromatic N) is 1. The van der Waals surface area contributed by atoms with Crippen molar-refractivity contribution in [2.24, 2.45) is 11.8 Å². The highest BCUT2D eigenvalue weighted by Gasteiger charge is 2.34. The lowest BCUT2D eigenvalue weighted by Crippen LogP contribution is -2.50. The summed E-state index contributed by atoms with van der Waals surface area (Å²) in [5.41, 5.74) is 0. The highest BCUT2D eigenvalue weighted by Crippen LogP contribution is 2.36. The number of likely N-dealkylation sites (tertiary alicyclic amines) is 1. The predicted molar refractivity (Wildman–Crippen MR) is 66.6 cm³/mol. The smallest absolute Gasteiger partial charge is 0.219 e. The van der Waals surface area contributed by atoms with Crippen molar-refractivity contribution in [3.05, 3.63) is 0 Å². The van der Waals surface area contributed by atoms with Crippen LogP contribution in [0.4, 0.5) is 0 Å². The highest BCUT2D eigenvalue weighted by molar-refractivity contribution is 5.73. The van der Waals surface area contributed by atoms with Crippen molar-refractivity contribution < 1.29 is 9.90 Å². The van der Waals surface area contributed by atoms with Crippen molar-refractivity contribution in [2.75, 3.05) is 20.1 Å². The first-order chi connectivity index (χ1) is 8.10. The molecule has 0 radical (unpaired) electrons. The molecule has 2 rings (SSSR count). The van der Waals surface area contributed by atoms with Crippen LogP contribution in [0.1, 0.15) is 32.6 Å². The lowest BCUT2D eigenvalue weighted by atomic mass is 9.88. The number of aliphatic hydroxyl groups excluding tert-OH is 1. The van der Waals surface area contributed by atoms with Crippen molar-refractivity contribution >= 4 is 5.91 Å². The molecule has 4 nitrogen and oxygen atoms in total. The summed E-state index contributed by atoms with van der Waals surface area (Å²) in [6.07, 6.45) is 4.14. The van der Waals surface area contributed by atoms with E-state index in [4.69, 9.17) is 0 Å². The van der Waals surface area contributed by atoms with Gasteiger partial charge in [0.2, 0.25) is 5.91 Å². The van der Waals surface area contributed by atoms with Crippen LogP contribution in [-0.4, -0.2) is 48.2 Å². The van der Waals surface area contributed by atoms with Gasteiger partial charge in [-0.05, 0) is 44.6 Å². The Hall–Kier alpha value is -0.610. The summed E-state index contributed by atoms with van der Waals surface area (Å²) in [6.45, 7) is 3.26. The van der Waals surface area contributed by atoms with E-state index < -0.39 is 0 Å². The molecule has 1 amide bonds. The van der Waals surface area contributed by atoms with Gasteiger partial charge in [-0.15, -0.1) is 0 Å². The van der Waals surface area contributed by atoms with Crippen LogP contribution in [0.25, 0.3) is 0 Å². The van der Waals surface area contributed by atoms with Crippen LogP contribution >= 0.6 is 0 Å². The lowest BCUT2D eigenvalue weighted by Gasteiger charge is -2.38. The van der Waals surface area contributed by atoms with Crippen LogP contribution in [0.5, 0.6) is 0 Å². The average molecular weight is 240 g/mol. The highest BCUT2D eigenvalue weighted by atomic mass is 16.3. The lowest BCUT2D eigenvalue weighted by molar-refractivity contribution is -0.131. The zero-order chi connectivity index (χ0) is 12.4. The third-order valence-corrected chi connectivity index (χ3v) is 4.13. The molecule has 1 saturated heterocycles. The maximum absolute atomic E-state index is 11.5. The SMILES string of the molecule is CNC1CC(CC(O)C2CC2)CN(C(C)=O)C1. The summed E-state index contributed by atoms with van der Waals surface area (Å²) in [4.78, 5) is 13.4. The van der Waals surface area contributed by atoms with E-state index in [-0.39, 0.29) is 12.0 Å². The molecular weight excluding hydrogens is 216 g/mol. The van der Waals surface area contributed by atoms with E-state index in [2.05, 4.69) is 5.32 Å². The van der Waals surface area contributed by atoms with Gasteiger partial charge in [0.25, 0.3) is 0 Å². The molecule has 17 heavy (non-hydrogen) atoms. The van der Waals surface area contributed by atoms with Crippen LogP contribution in [0.15, 0.2) is 0 Å². The molecule has 0 spiro atoms. The standard InChI is InChI=1S/C13H24N2O2/c1-9(16)15-7-10(5-12(8-15)14-2)6-13(17)11-3-4-11/h10-14,17H,3-8H2,1-2H3. The number of carbonyl (C=O) groups is 1. The van der Waals surface area contributed by atoms with Gasteiger partial charge in [-0.3, -0.25) is 4.79 Å². The molecule has 1 saturated carbocycles. The molecule has 0 aromatic heterocycles. The zero-order valence-electron chi connectivity index (χ0n) is 10.9. The number of hydrogen-bond donors (Lipinski definition) is 2. The minimum absolute atomic E-state index is 0.149. The van der Waals surface area contributed by atoms with Crippen LogP contribution in [0.2, 0.25) is 0 Å². The van der Waals surface area contributed by atoms with E-state index in [0.29, 0.717) is 17.9 Å². The summed E-state index contributed by atoms with van der Waals surface area (Å²) in [7, 11) is 1.95. The van der Waals surface area contributed by atoms with Gasteiger partial charge >= 0.3 is 0 Å². The normalized spacial score (nSPS) is 31.4. The number of hydrogen-bond acceptors (Lipinski definition) is 3. The van der Waals surface area contributed by atoms with Gasteiger partial charge in [0.05, 0.1) is 6.10 Å². The molecule has 1 heterocycles. The second kappa shape index (κ2) is 5.36. The number of nitrogens with one attached hydrogen (secondary N) is 1. The van der Waals surface area contributed by atoms with E-state index in [9.17, 15) is 9.90 Å². The number of carbonyl (C=O) groups excluding carboxylic acids is 1. The Balaban J connectivity index is 1.88. The quantitative estimate of drug-likeness (QED) is 0.757. The maximum Gasteiger partial charge on any atom is 0.219 e. The van der Waals surface area contributed by atoms with Crippen molar-refractivity contribution in [3.8, 4) is 0 Å². The average Bonchev–Trinajstić information content (AvgIpc) is 3.12. The second-order valence-corrected chi connectivity index (χ2v) is 5.65. The number of piperidine rings is 1. The van der Waals surface area contributed by atoms with E-state index in [1.54, 1.807) is 6.92 Å². The molecule has 0 aromatic carbocycles. The molecule has 2 N–H and O–H groups in total. The van der Waals surface area contributed by atoms with Crippen LogP contribution in [-0.2, 0) is 4.79 Å². The third-order valence-electron chi connectivity index (χ3n) is 4.13. The Morgan fingerprint density at radius 2 is 2.18 bits per heavy atom. The molecule has 0 aromatic rings. The predicted octanol–water partition coefficient (Wildman–Crippen LogP) is 0.604. The monoisotopic (exact) mass is 240 g/mol. The van der Waals surface area contributed by atoms with Gasteiger partial charge in [0.1, 0.15) is 0 Å². The maximum atomic E-state index is 11.5. The number of likely N-dealkylation sites (N-methyl/N-ethyl adjacent to an activating group) is 1. The summed E-state index contributed by atoms with van der Waals surface area (Å²) >= 11 is 0. The van der Waals surface area contributed by atoms with E-state index in [1.807, 2.05) is 11.9 Å². The molecule has 2 fully saturated rings. The summed E-state index contributed by atoms with van der Waals surface area (Å²) in [5, 5.41) is 13.3. The second-order valence-electron chi connectivity index (χ2n) is 5.65. The number of rotatable bonds is 4. The van der Waals surface area contributed by atoms with Gasteiger partial charge in [-0.2, -0.15) is 0 Å². The Morgan fingerprint density at radius 1 is 1.47 bits per heavy atom. The van der Waals surface area contributed by atoms with Crippen molar-refractivity contribution in [1.82, 2.24) is 10.2 Å². The van der Waals surface area contributed by atoms with Gasteiger partial charge in [0.15, 0.2) is 0 Å². The van der Waals surface area contributed by atoms with E-state index >= 15 is 0 Å². The molecular formula is C13H24N2O2. The Bertz CT molecular complexity index is 279. The molecule has 2 aliphatic rings. The van der Waals surface area contributed by atoms with E-state index in [1.165, 1.54) is 12.8 Å². The third kappa shape index (κ3) is 3.42. The molecule has 4 heteroatoms. The van der Waals surface area contributed by atoms with Crippen LogP contribution < -0.4 is 5.32 Å². The first-order valence-electron chi connectivity index (χ1n) is 6.71. The minimum Gasteiger partial charge on any atom is -0.393 e. The summed E-state index contributed by atoms with van der Waals surface area (Å²) in [6, 6.07) is 0.379. The fraction of sp³-hybridized carbons (Fsp3) is 0.923. The van der Waals surface area contributed by atoms with Gasteiger partial charge < -0.3 is 15.3 Å². The molecule has 1 aliphatic heterocycles. The van der Waals surface area contributed by atoms with E-state index in [0.717, 1.165) is 25.9 Å². The Kier molecular flexibility index (Phi) is 4.05. The number of aliphatic hydroxyl groups is 1. The Morgan fingerprint density at radius 3 is 2.71 bits per heavy atom. The van der Waals surface area contributed by atoms with Crippen molar-refractivity contribution in [3.63, 3.8) is 0 Å². The Labute approximate surface area is 103 Å². The summed E-state index contributed by atoms with van der Waals surface area (Å²) < 4.78 is 0. The first kappa shape index (κ1) is 12.8. The largest absolute Gasteiger partial charge is 0.393 e. The van der Waals surface area contributed by atoms with Gasteiger partial charge in [0, 0.05) is 26.1 Å². The van der Waals surface area contributed by atoms with Crippen LogP contribution in [0, 0.1) is 11.8 Å². The van der Waals surface area contributed by atoms with Gasteiger partial charge in [-0.1, -0.05) is 0 Å². The van der Waals surface area contributed by atoms with Gasteiger partial charge in [-0.25, -0.2) is 0 Å². The molecule has 0 bridgehead atoms. The van der Waals surface area contributed by atoms with Crippen molar-refractivity contribution in [2.45, 2.75) is 44.8 Å².